The largest absolute Gasteiger partial charge is 0.478 e. The molecule has 1 fully saturated rings. The van der Waals surface area contributed by atoms with Gasteiger partial charge in [-0.2, -0.15) is 0 Å². The normalized spacial score (nSPS) is 14.7. The highest BCUT2D eigenvalue weighted by atomic mass is 35.5. The Bertz CT molecular complexity index is 469. The molecule has 0 unspecified atom stereocenters. The maximum absolute atomic E-state index is 10.9. The molecule has 0 amide bonds. The van der Waals surface area contributed by atoms with Gasteiger partial charge in [0.1, 0.15) is 0 Å². The molecule has 3 nitrogen and oxygen atoms in total. The van der Waals surface area contributed by atoms with Crippen molar-refractivity contribution in [2.45, 2.75) is 39.2 Å². The van der Waals surface area contributed by atoms with Gasteiger partial charge in [-0.15, -0.1) is 0 Å². The van der Waals surface area contributed by atoms with Gasteiger partial charge >= 0.3 is 5.97 Å². The maximum atomic E-state index is 10.9. The summed E-state index contributed by atoms with van der Waals surface area (Å²) in [5.74, 6) is -0.285. The highest BCUT2D eigenvalue weighted by Gasteiger charge is 2.30. The second-order valence-corrected chi connectivity index (χ2v) is 5.99. The molecule has 0 saturated heterocycles. The lowest BCUT2D eigenvalue weighted by Crippen LogP contribution is -2.28. The number of carbonyl (C=O) groups is 1. The van der Waals surface area contributed by atoms with E-state index in [0.29, 0.717) is 17.0 Å². The number of aromatic carboxylic acids is 1. The van der Waals surface area contributed by atoms with Gasteiger partial charge in [0.2, 0.25) is 0 Å². The molecule has 0 heterocycles. The number of hydrogen-bond donors (Lipinski definition) is 1. The quantitative estimate of drug-likeness (QED) is 0.855. The molecule has 0 bridgehead atoms. The number of carboxylic acids is 1. The molecular formula is C15H20ClNO2. The molecule has 2 rings (SSSR count). The van der Waals surface area contributed by atoms with Gasteiger partial charge < -0.3 is 10.0 Å². The fraction of sp³-hybridized carbons (Fsp3) is 0.533. The van der Waals surface area contributed by atoms with Crippen molar-refractivity contribution < 1.29 is 9.90 Å². The molecule has 0 atom stereocenters. The third kappa shape index (κ3) is 3.63. The standard InChI is InChI=1S/C15H20ClNO2/c1-10(2)7-8-17(12-4-5-12)14-6-3-11(15(18)19)9-13(14)16/h3,6,9-10,12H,4-5,7-8H2,1-2H3,(H,18,19). The Morgan fingerprint density at radius 1 is 1.47 bits per heavy atom. The number of benzene rings is 1. The summed E-state index contributed by atoms with van der Waals surface area (Å²) in [6.07, 6.45) is 3.53. The number of anilines is 1. The van der Waals surface area contributed by atoms with E-state index in [2.05, 4.69) is 18.7 Å². The number of carboxylic acid groups (broad SMARTS) is 1. The van der Waals surface area contributed by atoms with Gasteiger partial charge in [0.05, 0.1) is 16.3 Å². The number of nitrogens with zero attached hydrogens (tertiary/aromatic N) is 1. The Kier molecular flexibility index (Phi) is 4.35. The molecule has 0 spiro atoms. The third-order valence-electron chi connectivity index (χ3n) is 3.44. The molecule has 1 aromatic rings. The Labute approximate surface area is 119 Å². The fourth-order valence-electron chi connectivity index (χ4n) is 2.16. The zero-order valence-electron chi connectivity index (χ0n) is 11.4. The molecule has 1 aliphatic carbocycles. The van der Waals surface area contributed by atoms with Crippen molar-refractivity contribution in [1.82, 2.24) is 0 Å². The van der Waals surface area contributed by atoms with Crippen LogP contribution >= 0.6 is 11.6 Å². The molecule has 0 aromatic heterocycles. The minimum absolute atomic E-state index is 0.244. The van der Waals surface area contributed by atoms with E-state index in [0.717, 1.165) is 18.7 Å². The van der Waals surface area contributed by atoms with Crippen LogP contribution in [-0.4, -0.2) is 23.7 Å². The molecule has 0 radical (unpaired) electrons. The summed E-state index contributed by atoms with van der Waals surface area (Å²) >= 11 is 6.25. The van der Waals surface area contributed by atoms with Crippen LogP contribution in [0.1, 0.15) is 43.5 Å². The van der Waals surface area contributed by atoms with Crippen LogP contribution in [0.2, 0.25) is 5.02 Å². The van der Waals surface area contributed by atoms with Crippen molar-refractivity contribution in [2.24, 2.45) is 5.92 Å². The molecule has 1 aliphatic rings. The van der Waals surface area contributed by atoms with Gasteiger partial charge in [-0.05, 0) is 43.4 Å². The van der Waals surface area contributed by atoms with E-state index >= 15 is 0 Å². The van der Waals surface area contributed by atoms with Crippen molar-refractivity contribution in [3.05, 3.63) is 28.8 Å². The van der Waals surface area contributed by atoms with Crippen molar-refractivity contribution in [3.63, 3.8) is 0 Å². The van der Waals surface area contributed by atoms with E-state index in [1.165, 1.54) is 12.8 Å². The summed E-state index contributed by atoms with van der Waals surface area (Å²) in [6, 6.07) is 5.59. The smallest absolute Gasteiger partial charge is 0.335 e. The van der Waals surface area contributed by atoms with E-state index in [1.807, 2.05) is 6.07 Å². The SMILES string of the molecule is CC(C)CCN(c1ccc(C(=O)O)cc1Cl)C1CC1. The van der Waals surface area contributed by atoms with Gasteiger partial charge in [0.25, 0.3) is 0 Å². The summed E-state index contributed by atoms with van der Waals surface area (Å²) in [6.45, 7) is 5.40. The fourth-order valence-corrected chi connectivity index (χ4v) is 2.45. The lowest BCUT2D eigenvalue weighted by molar-refractivity contribution is 0.0697. The lowest BCUT2D eigenvalue weighted by Gasteiger charge is -2.26. The summed E-state index contributed by atoms with van der Waals surface area (Å²) in [7, 11) is 0. The highest BCUT2D eigenvalue weighted by molar-refractivity contribution is 6.33. The minimum atomic E-state index is -0.936. The first-order valence-electron chi connectivity index (χ1n) is 6.78. The third-order valence-corrected chi connectivity index (χ3v) is 3.74. The Balaban J connectivity index is 2.19. The van der Waals surface area contributed by atoms with Crippen molar-refractivity contribution in [2.75, 3.05) is 11.4 Å². The highest BCUT2D eigenvalue weighted by Crippen LogP contribution is 2.36. The van der Waals surface area contributed by atoms with Crippen LogP contribution in [0, 0.1) is 5.92 Å². The first kappa shape index (κ1) is 14.2. The summed E-state index contributed by atoms with van der Waals surface area (Å²) < 4.78 is 0. The van der Waals surface area contributed by atoms with Crippen LogP contribution in [0.15, 0.2) is 18.2 Å². The van der Waals surface area contributed by atoms with Gasteiger partial charge in [0, 0.05) is 12.6 Å². The van der Waals surface area contributed by atoms with E-state index in [4.69, 9.17) is 16.7 Å². The van der Waals surface area contributed by atoms with Crippen LogP contribution < -0.4 is 4.90 Å². The molecule has 104 valence electrons. The molecule has 19 heavy (non-hydrogen) atoms. The van der Waals surface area contributed by atoms with E-state index in [1.54, 1.807) is 12.1 Å². The van der Waals surface area contributed by atoms with Gasteiger partial charge in [-0.3, -0.25) is 0 Å². The molecule has 1 aromatic carbocycles. The van der Waals surface area contributed by atoms with Crippen LogP contribution in [0.3, 0.4) is 0 Å². The van der Waals surface area contributed by atoms with Gasteiger partial charge in [0.15, 0.2) is 0 Å². The number of halogens is 1. The predicted octanol–water partition coefficient (Wildman–Crippen LogP) is 4.05. The van der Waals surface area contributed by atoms with Crippen LogP contribution in [0.4, 0.5) is 5.69 Å². The van der Waals surface area contributed by atoms with Crippen LogP contribution in [0.25, 0.3) is 0 Å². The molecule has 0 aliphatic heterocycles. The minimum Gasteiger partial charge on any atom is -0.478 e. The second-order valence-electron chi connectivity index (χ2n) is 5.58. The Hall–Kier alpha value is -1.22. The Morgan fingerprint density at radius 3 is 2.63 bits per heavy atom. The van der Waals surface area contributed by atoms with Crippen LogP contribution in [-0.2, 0) is 0 Å². The average Bonchev–Trinajstić information content (AvgIpc) is 3.14. The van der Waals surface area contributed by atoms with E-state index in [9.17, 15) is 4.79 Å². The maximum Gasteiger partial charge on any atom is 0.335 e. The topological polar surface area (TPSA) is 40.5 Å². The molecular weight excluding hydrogens is 262 g/mol. The number of rotatable bonds is 6. The van der Waals surface area contributed by atoms with Crippen LogP contribution in [0.5, 0.6) is 0 Å². The zero-order valence-corrected chi connectivity index (χ0v) is 12.2. The molecule has 1 N–H and O–H groups in total. The Morgan fingerprint density at radius 2 is 2.16 bits per heavy atom. The average molecular weight is 282 g/mol. The first-order valence-corrected chi connectivity index (χ1v) is 7.16. The zero-order chi connectivity index (χ0) is 14.0. The first-order chi connectivity index (χ1) is 8.99. The summed E-state index contributed by atoms with van der Waals surface area (Å²) in [5, 5.41) is 9.50. The summed E-state index contributed by atoms with van der Waals surface area (Å²) in [4.78, 5) is 13.3. The number of hydrogen-bond acceptors (Lipinski definition) is 2. The van der Waals surface area contributed by atoms with E-state index in [-0.39, 0.29) is 5.56 Å². The molecule has 4 heteroatoms. The van der Waals surface area contributed by atoms with Gasteiger partial charge in [-0.25, -0.2) is 4.79 Å². The lowest BCUT2D eigenvalue weighted by atomic mass is 10.1. The van der Waals surface area contributed by atoms with E-state index < -0.39 is 5.97 Å². The second kappa shape index (κ2) is 5.83. The summed E-state index contributed by atoms with van der Waals surface area (Å²) in [5.41, 5.74) is 1.21. The molecule has 1 saturated carbocycles. The predicted molar refractivity (Wildman–Crippen MR) is 78.2 cm³/mol. The van der Waals surface area contributed by atoms with Gasteiger partial charge in [-0.1, -0.05) is 25.4 Å². The van der Waals surface area contributed by atoms with Crippen molar-refractivity contribution in [1.29, 1.82) is 0 Å². The monoisotopic (exact) mass is 281 g/mol. The van der Waals surface area contributed by atoms with Crippen molar-refractivity contribution in [3.8, 4) is 0 Å². The van der Waals surface area contributed by atoms with Crippen molar-refractivity contribution >= 4 is 23.3 Å².